The molecule has 0 amide bonds. The van der Waals surface area contributed by atoms with E-state index in [-0.39, 0.29) is 17.2 Å². The van der Waals surface area contributed by atoms with Gasteiger partial charge in [-0.3, -0.25) is 0 Å². The third-order valence-corrected chi connectivity index (χ3v) is 3.07. The molecule has 15 heavy (non-hydrogen) atoms. The summed E-state index contributed by atoms with van der Waals surface area (Å²) in [6, 6.07) is 3.19. The summed E-state index contributed by atoms with van der Waals surface area (Å²) in [5.41, 5.74) is 6.62. The minimum atomic E-state index is -0.257. The van der Waals surface area contributed by atoms with Gasteiger partial charge in [0, 0.05) is 16.1 Å². The molecule has 0 radical (unpaired) electrons. The zero-order chi connectivity index (χ0) is 11.8. The van der Waals surface area contributed by atoms with Crippen molar-refractivity contribution in [2.24, 2.45) is 11.1 Å². The number of hydrogen-bond donors (Lipinski definition) is 2. The Morgan fingerprint density at radius 3 is 2.40 bits per heavy atom. The smallest absolute Gasteiger partial charge is 0.139 e. The van der Waals surface area contributed by atoms with Crippen LogP contribution < -0.4 is 5.73 Å². The van der Waals surface area contributed by atoms with Gasteiger partial charge in [0.15, 0.2) is 0 Å². The Kier molecular flexibility index (Phi) is 3.69. The van der Waals surface area contributed by atoms with E-state index in [9.17, 15) is 5.11 Å². The minimum Gasteiger partial charge on any atom is -0.506 e. The average Bonchev–Trinajstić information content (AvgIpc) is 2.08. The fourth-order valence-electron chi connectivity index (χ4n) is 1.29. The number of aromatic hydroxyl groups is 1. The summed E-state index contributed by atoms with van der Waals surface area (Å²) in [6.07, 6.45) is 0. The minimum absolute atomic E-state index is 0.0716. The Balaban J connectivity index is 3.25. The van der Waals surface area contributed by atoms with Crippen molar-refractivity contribution in [1.29, 1.82) is 0 Å². The normalized spacial score (nSPS) is 14.0. The lowest BCUT2D eigenvalue weighted by Gasteiger charge is -2.28. The zero-order valence-corrected chi connectivity index (χ0v) is 11.4. The summed E-state index contributed by atoms with van der Waals surface area (Å²) in [4.78, 5) is 0. The SMILES string of the molecule is CC(C)(C)[C@@H](N)c1cc(Br)cc(Cl)c1O. The lowest BCUT2D eigenvalue weighted by molar-refractivity contribution is 0.317. The van der Waals surface area contributed by atoms with Crippen molar-refractivity contribution >= 4 is 27.5 Å². The van der Waals surface area contributed by atoms with Crippen molar-refractivity contribution in [3.05, 3.63) is 27.2 Å². The standard InChI is InChI=1S/C11H15BrClNO/c1-11(2,3)10(14)7-4-6(12)5-8(13)9(7)15/h4-5,10,15H,14H2,1-3H3/t10-/m0/s1. The van der Waals surface area contributed by atoms with E-state index in [0.29, 0.717) is 10.6 Å². The van der Waals surface area contributed by atoms with Crippen LogP contribution in [0, 0.1) is 5.41 Å². The quantitative estimate of drug-likeness (QED) is 0.826. The summed E-state index contributed by atoms with van der Waals surface area (Å²) in [7, 11) is 0. The Labute approximate surface area is 104 Å². The largest absolute Gasteiger partial charge is 0.506 e. The first-order valence-corrected chi connectivity index (χ1v) is 5.84. The zero-order valence-electron chi connectivity index (χ0n) is 9.01. The summed E-state index contributed by atoms with van der Waals surface area (Å²) >= 11 is 9.21. The van der Waals surface area contributed by atoms with Crippen molar-refractivity contribution in [2.45, 2.75) is 26.8 Å². The van der Waals surface area contributed by atoms with Crippen LogP contribution in [0.3, 0.4) is 0 Å². The predicted molar refractivity (Wildman–Crippen MR) is 67.2 cm³/mol. The molecule has 0 spiro atoms. The van der Waals surface area contributed by atoms with Gasteiger partial charge in [0.05, 0.1) is 5.02 Å². The third kappa shape index (κ3) is 2.86. The lowest BCUT2D eigenvalue weighted by Crippen LogP contribution is -2.26. The number of benzene rings is 1. The number of halogens is 2. The molecule has 0 fully saturated rings. The number of rotatable bonds is 1. The molecule has 2 nitrogen and oxygen atoms in total. The van der Waals surface area contributed by atoms with Crippen molar-refractivity contribution in [1.82, 2.24) is 0 Å². The number of phenols is 1. The van der Waals surface area contributed by atoms with Crippen LogP contribution in [0.4, 0.5) is 0 Å². The van der Waals surface area contributed by atoms with Gasteiger partial charge in [-0.1, -0.05) is 48.3 Å². The van der Waals surface area contributed by atoms with Crippen molar-refractivity contribution in [2.75, 3.05) is 0 Å². The Morgan fingerprint density at radius 2 is 1.93 bits per heavy atom. The summed E-state index contributed by atoms with van der Waals surface area (Å²) in [6.45, 7) is 6.06. The monoisotopic (exact) mass is 291 g/mol. The molecule has 0 aliphatic carbocycles. The number of phenolic OH excluding ortho intramolecular Hbond substituents is 1. The van der Waals surface area contributed by atoms with Gasteiger partial charge in [-0.2, -0.15) is 0 Å². The maximum absolute atomic E-state index is 9.82. The van der Waals surface area contributed by atoms with Gasteiger partial charge < -0.3 is 10.8 Å². The highest BCUT2D eigenvalue weighted by Crippen LogP contribution is 2.40. The average molecular weight is 293 g/mol. The molecule has 0 saturated heterocycles. The molecule has 3 N–H and O–H groups in total. The van der Waals surface area contributed by atoms with E-state index in [1.54, 1.807) is 12.1 Å². The number of nitrogens with two attached hydrogens (primary N) is 1. The molecule has 84 valence electrons. The van der Waals surface area contributed by atoms with Gasteiger partial charge in [-0.15, -0.1) is 0 Å². The van der Waals surface area contributed by atoms with E-state index in [4.69, 9.17) is 17.3 Å². The van der Waals surface area contributed by atoms with E-state index in [2.05, 4.69) is 15.9 Å². The van der Waals surface area contributed by atoms with E-state index >= 15 is 0 Å². The molecule has 0 saturated carbocycles. The van der Waals surface area contributed by atoms with E-state index in [1.165, 1.54) is 0 Å². The molecule has 1 aromatic rings. The van der Waals surface area contributed by atoms with Crippen LogP contribution in [0.5, 0.6) is 5.75 Å². The topological polar surface area (TPSA) is 46.2 Å². The molecule has 0 aromatic heterocycles. The molecule has 0 aliphatic heterocycles. The van der Waals surface area contributed by atoms with Crippen LogP contribution in [0.1, 0.15) is 32.4 Å². The van der Waals surface area contributed by atoms with E-state index in [0.717, 1.165) is 4.47 Å². The van der Waals surface area contributed by atoms with E-state index in [1.807, 2.05) is 20.8 Å². The molecule has 0 aliphatic rings. The molecule has 4 heteroatoms. The van der Waals surface area contributed by atoms with Crippen LogP contribution in [0.15, 0.2) is 16.6 Å². The molecule has 1 atom stereocenters. The van der Waals surface area contributed by atoms with Crippen LogP contribution in [0.25, 0.3) is 0 Å². The maximum Gasteiger partial charge on any atom is 0.139 e. The second kappa shape index (κ2) is 4.32. The first kappa shape index (κ1) is 12.8. The van der Waals surface area contributed by atoms with Crippen molar-refractivity contribution in [3.63, 3.8) is 0 Å². The molecule has 0 heterocycles. The van der Waals surface area contributed by atoms with Gasteiger partial charge >= 0.3 is 0 Å². The van der Waals surface area contributed by atoms with Crippen LogP contribution in [-0.4, -0.2) is 5.11 Å². The Hall–Kier alpha value is -0.250. The predicted octanol–water partition coefficient (Wildman–Crippen LogP) is 3.85. The number of hydrogen-bond acceptors (Lipinski definition) is 2. The molecular weight excluding hydrogens is 277 g/mol. The highest BCUT2D eigenvalue weighted by Gasteiger charge is 2.25. The second-order valence-electron chi connectivity index (χ2n) is 4.67. The molecule has 1 aromatic carbocycles. The van der Waals surface area contributed by atoms with Gasteiger partial charge in [-0.25, -0.2) is 0 Å². The van der Waals surface area contributed by atoms with E-state index < -0.39 is 0 Å². The molecule has 1 rings (SSSR count). The molecule has 0 bridgehead atoms. The molecular formula is C11H15BrClNO. The first-order valence-electron chi connectivity index (χ1n) is 4.67. The van der Waals surface area contributed by atoms with Gasteiger partial charge in [0.25, 0.3) is 0 Å². The van der Waals surface area contributed by atoms with Gasteiger partial charge in [0.1, 0.15) is 5.75 Å². The van der Waals surface area contributed by atoms with Gasteiger partial charge in [0.2, 0.25) is 0 Å². The van der Waals surface area contributed by atoms with Crippen LogP contribution >= 0.6 is 27.5 Å². The first-order chi connectivity index (χ1) is 6.73. The van der Waals surface area contributed by atoms with Crippen LogP contribution in [-0.2, 0) is 0 Å². The highest BCUT2D eigenvalue weighted by molar-refractivity contribution is 9.10. The Morgan fingerprint density at radius 1 is 1.40 bits per heavy atom. The van der Waals surface area contributed by atoms with Gasteiger partial charge in [-0.05, 0) is 17.5 Å². The lowest BCUT2D eigenvalue weighted by atomic mass is 9.83. The fourth-order valence-corrected chi connectivity index (χ4v) is 2.12. The van der Waals surface area contributed by atoms with Crippen molar-refractivity contribution in [3.8, 4) is 5.75 Å². The summed E-state index contributed by atoms with van der Waals surface area (Å²) in [5, 5.41) is 10.1. The fraction of sp³-hybridized carbons (Fsp3) is 0.455. The third-order valence-electron chi connectivity index (χ3n) is 2.33. The highest BCUT2D eigenvalue weighted by atomic mass is 79.9. The Bertz CT molecular complexity index is 374. The summed E-state index contributed by atoms with van der Waals surface area (Å²) in [5.74, 6) is 0.0716. The summed E-state index contributed by atoms with van der Waals surface area (Å²) < 4.78 is 0.819. The molecule has 0 unspecified atom stereocenters. The van der Waals surface area contributed by atoms with Crippen molar-refractivity contribution < 1.29 is 5.11 Å². The maximum atomic E-state index is 9.82. The second-order valence-corrected chi connectivity index (χ2v) is 5.99. The van der Waals surface area contributed by atoms with Crippen LogP contribution in [0.2, 0.25) is 5.02 Å².